The molecule has 20 heavy (non-hydrogen) atoms. The van der Waals surface area contributed by atoms with Gasteiger partial charge in [0.2, 0.25) is 0 Å². The second-order valence-electron chi connectivity index (χ2n) is 5.03. The molecule has 0 saturated carbocycles. The van der Waals surface area contributed by atoms with Crippen molar-refractivity contribution in [3.8, 4) is 5.75 Å². The van der Waals surface area contributed by atoms with E-state index in [9.17, 15) is 9.90 Å². The molecule has 0 spiro atoms. The molecule has 2 amide bonds. The highest BCUT2D eigenvalue weighted by atomic mass is 35.5. The zero-order valence-corrected chi connectivity index (χ0v) is 12.4. The van der Waals surface area contributed by atoms with Gasteiger partial charge in [0.15, 0.2) is 0 Å². The minimum atomic E-state index is -0.554. The number of ether oxygens (including phenoxy) is 1. The Morgan fingerprint density at radius 3 is 3.10 bits per heavy atom. The first-order chi connectivity index (χ1) is 9.49. The van der Waals surface area contributed by atoms with Gasteiger partial charge in [-0.15, -0.1) is 0 Å². The number of carbonyl (C=O) groups is 1. The molecule has 5 nitrogen and oxygen atoms in total. The summed E-state index contributed by atoms with van der Waals surface area (Å²) in [6.45, 7) is 2.45. The van der Waals surface area contributed by atoms with Crippen molar-refractivity contribution in [3.63, 3.8) is 0 Å². The largest absolute Gasteiger partial charge is 0.492 e. The van der Waals surface area contributed by atoms with E-state index >= 15 is 0 Å². The van der Waals surface area contributed by atoms with Gasteiger partial charge in [-0.05, 0) is 13.0 Å². The van der Waals surface area contributed by atoms with E-state index in [1.807, 2.05) is 12.1 Å². The number of amides is 2. The second-order valence-corrected chi connectivity index (χ2v) is 5.43. The van der Waals surface area contributed by atoms with E-state index in [1.165, 1.54) is 4.90 Å². The van der Waals surface area contributed by atoms with Crippen LogP contribution < -0.4 is 10.1 Å². The molecule has 1 aliphatic heterocycles. The normalized spacial score (nSPS) is 18.7. The Kier molecular flexibility index (Phi) is 4.73. The number of carbonyl (C=O) groups excluding carboxylic acids is 1. The minimum absolute atomic E-state index is 0.124. The minimum Gasteiger partial charge on any atom is -0.492 e. The van der Waals surface area contributed by atoms with E-state index in [4.69, 9.17) is 16.3 Å². The zero-order valence-electron chi connectivity index (χ0n) is 11.6. The van der Waals surface area contributed by atoms with E-state index < -0.39 is 6.10 Å². The highest BCUT2D eigenvalue weighted by Crippen LogP contribution is 2.37. The van der Waals surface area contributed by atoms with Gasteiger partial charge in [0.05, 0.1) is 23.8 Å². The predicted octanol–water partition coefficient (Wildman–Crippen LogP) is 2.19. The fourth-order valence-corrected chi connectivity index (χ4v) is 2.51. The number of para-hydroxylation sites is 1. The summed E-state index contributed by atoms with van der Waals surface area (Å²) in [5, 5.41) is 12.8. The first-order valence-electron chi connectivity index (χ1n) is 6.60. The maximum atomic E-state index is 12.1. The lowest BCUT2D eigenvalue weighted by Crippen LogP contribution is -2.43. The third kappa shape index (κ3) is 3.35. The molecule has 1 aliphatic rings. The lowest BCUT2D eigenvalue weighted by atomic mass is 10.0. The zero-order chi connectivity index (χ0) is 14.7. The third-order valence-electron chi connectivity index (χ3n) is 3.21. The van der Waals surface area contributed by atoms with Crippen LogP contribution in [0, 0.1) is 0 Å². The molecule has 2 atom stereocenters. The quantitative estimate of drug-likeness (QED) is 0.899. The number of rotatable bonds is 3. The fraction of sp³-hybridized carbons (Fsp3) is 0.500. The van der Waals surface area contributed by atoms with E-state index in [0.29, 0.717) is 23.8 Å². The summed E-state index contributed by atoms with van der Waals surface area (Å²) in [6.07, 6.45) is 0.142. The number of hydrogen-bond donors (Lipinski definition) is 2. The van der Waals surface area contributed by atoms with Crippen molar-refractivity contribution >= 4 is 17.6 Å². The number of halogens is 1. The van der Waals surface area contributed by atoms with Crippen LogP contribution in [-0.4, -0.2) is 42.3 Å². The number of likely N-dealkylation sites (N-methyl/N-ethyl adjacent to an activating group) is 1. The van der Waals surface area contributed by atoms with Crippen molar-refractivity contribution in [2.45, 2.75) is 25.5 Å². The highest BCUT2D eigenvalue weighted by molar-refractivity contribution is 6.32. The molecule has 110 valence electrons. The molecule has 2 N–H and O–H groups in total. The summed E-state index contributed by atoms with van der Waals surface area (Å²) in [7, 11) is 1.65. The topological polar surface area (TPSA) is 61.8 Å². The summed E-state index contributed by atoms with van der Waals surface area (Å²) in [5.74, 6) is 0.642. The van der Waals surface area contributed by atoms with Crippen molar-refractivity contribution in [3.05, 3.63) is 28.8 Å². The molecule has 6 heteroatoms. The Morgan fingerprint density at radius 1 is 1.65 bits per heavy atom. The molecular formula is C14H19ClN2O3. The van der Waals surface area contributed by atoms with Gasteiger partial charge in [0.25, 0.3) is 0 Å². The van der Waals surface area contributed by atoms with Gasteiger partial charge in [-0.1, -0.05) is 23.7 Å². The molecule has 0 fully saturated rings. The van der Waals surface area contributed by atoms with Crippen LogP contribution >= 0.6 is 11.6 Å². The lowest BCUT2D eigenvalue weighted by Gasteiger charge is -2.29. The van der Waals surface area contributed by atoms with Gasteiger partial charge in [0.1, 0.15) is 5.75 Å². The third-order valence-corrected chi connectivity index (χ3v) is 3.51. The van der Waals surface area contributed by atoms with E-state index in [-0.39, 0.29) is 18.6 Å². The number of nitrogens with one attached hydrogen (secondary N) is 1. The molecular weight excluding hydrogens is 280 g/mol. The van der Waals surface area contributed by atoms with Crippen LogP contribution in [0.25, 0.3) is 0 Å². The van der Waals surface area contributed by atoms with Gasteiger partial charge in [0, 0.05) is 25.6 Å². The van der Waals surface area contributed by atoms with Gasteiger partial charge >= 0.3 is 6.03 Å². The number of fused-ring (bicyclic) bond motifs is 1. The number of hydrogen-bond acceptors (Lipinski definition) is 3. The van der Waals surface area contributed by atoms with Crippen molar-refractivity contribution in [1.29, 1.82) is 0 Å². The van der Waals surface area contributed by atoms with Crippen molar-refractivity contribution < 1.29 is 14.6 Å². The Hall–Kier alpha value is -1.46. The SMILES string of the molecule is CC(O)CN(C)C(=O)NC1CCOc2c(Cl)cccc21. The Labute approximate surface area is 123 Å². The van der Waals surface area contributed by atoms with Gasteiger partial charge in [-0.25, -0.2) is 4.79 Å². The number of aliphatic hydroxyl groups is 1. The Balaban J connectivity index is 2.09. The van der Waals surface area contributed by atoms with Crippen LogP contribution in [0.2, 0.25) is 5.02 Å². The Bertz CT molecular complexity index is 493. The fourth-order valence-electron chi connectivity index (χ4n) is 2.27. The summed E-state index contributed by atoms with van der Waals surface area (Å²) in [6, 6.07) is 5.17. The first kappa shape index (κ1) is 14.9. The van der Waals surface area contributed by atoms with Crippen molar-refractivity contribution in [2.24, 2.45) is 0 Å². The van der Waals surface area contributed by atoms with Gasteiger partial charge in [-0.3, -0.25) is 0 Å². The summed E-state index contributed by atoms with van der Waals surface area (Å²) in [5.41, 5.74) is 0.891. The van der Waals surface area contributed by atoms with Crippen LogP contribution in [0.5, 0.6) is 5.75 Å². The molecule has 0 aromatic heterocycles. The Morgan fingerprint density at radius 2 is 2.40 bits per heavy atom. The molecule has 1 aromatic rings. The van der Waals surface area contributed by atoms with Crippen LogP contribution in [0.4, 0.5) is 4.79 Å². The van der Waals surface area contributed by atoms with Crippen molar-refractivity contribution in [1.82, 2.24) is 10.2 Å². The smallest absolute Gasteiger partial charge is 0.317 e. The van der Waals surface area contributed by atoms with Crippen LogP contribution in [0.3, 0.4) is 0 Å². The molecule has 0 saturated heterocycles. The van der Waals surface area contributed by atoms with E-state index in [0.717, 1.165) is 5.56 Å². The average molecular weight is 299 g/mol. The molecule has 0 radical (unpaired) electrons. The molecule has 0 bridgehead atoms. The molecule has 1 heterocycles. The number of benzene rings is 1. The molecule has 2 unspecified atom stereocenters. The molecule has 0 aliphatic carbocycles. The highest BCUT2D eigenvalue weighted by Gasteiger charge is 2.25. The van der Waals surface area contributed by atoms with E-state index in [2.05, 4.69) is 5.32 Å². The number of aliphatic hydroxyl groups excluding tert-OH is 1. The standard InChI is InChI=1S/C14H19ClN2O3/c1-9(18)8-17(2)14(19)16-12-6-7-20-13-10(12)4-3-5-11(13)15/h3-5,9,12,18H,6-8H2,1-2H3,(H,16,19). The number of urea groups is 1. The lowest BCUT2D eigenvalue weighted by molar-refractivity contribution is 0.140. The molecule has 1 aromatic carbocycles. The molecule has 2 rings (SSSR count). The monoisotopic (exact) mass is 298 g/mol. The van der Waals surface area contributed by atoms with Gasteiger partial charge in [-0.2, -0.15) is 0 Å². The van der Waals surface area contributed by atoms with Gasteiger partial charge < -0.3 is 20.1 Å². The predicted molar refractivity (Wildman–Crippen MR) is 77.1 cm³/mol. The van der Waals surface area contributed by atoms with Crippen LogP contribution in [0.15, 0.2) is 18.2 Å². The van der Waals surface area contributed by atoms with Crippen molar-refractivity contribution in [2.75, 3.05) is 20.2 Å². The van der Waals surface area contributed by atoms with Crippen LogP contribution in [0.1, 0.15) is 24.9 Å². The summed E-state index contributed by atoms with van der Waals surface area (Å²) < 4.78 is 5.55. The summed E-state index contributed by atoms with van der Waals surface area (Å²) >= 11 is 6.09. The first-order valence-corrected chi connectivity index (χ1v) is 6.97. The maximum absolute atomic E-state index is 12.1. The second kappa shape index (κ2) is 6.33. The maximum Gasteiger partial charge on any atom is 0.317 e. The van der Waals surface area contributed by atoms with Crippen LogP contribution in [-0.2, 0) is 0 Å². The summed E-state index contributed by atoms with van der Waals surface area (Å²) in [4.78, 5) is 13.5. The average Bonchev–Trinajstić information content (AvgIpc) is 2.39. The van der Waals surface area contributed by atoms with E-state index in [1.54, 1.807) is 20.0 Å². The number of nitrogens with zero attached hydrogens (tertiary/aromatic N) is 1.